The quantitative estimate of drug-likeness (QED) is 0.889. The number of likely N-dealkylation sites (tertiary alicyclic amines) is 1. The number of carbonyl (C=O) groups is 1. The average molecular weight is 260 g/mol. The molecule has 3 heterocycles. The molecule has 2 aromatic heterocycles. The summed E-state index contributed by atoms with van der Waals surface area (Å²) in [4.78, 5) is 18.3. The van der Waals surface area contributed by atoms with E-state index in [9.17, 15) is 4.79 Å². The van der Waals surface area contributed by atoms with Crippen LogP contribution in [0.3, 0.4) is 0 Å². The van der Waals surface area contributed by atoms with E-state index < -0.39 is 0 Å². The van der Waals surface area contributed by atoms with Crippen LogP contribution in [0.4, 0.5) is 0 Å². The summed E-state index contributed by atoms with van der Waals surface area (Å²) in [6.07, 6.45) is 5.73. The van der Waals surface area contributed by atoms with Gasteiger partial charge in [0.15, 0.2) is 11.3 Å². The Morgan fingerprint density at radius 3 is 3.11 bits per heavy atom. The van der Waals surface area contributed by atoms with Crippen molar-refractivity contribution in [2.75, 3.05) is 26.2 Å². The van der Waals surface area contributed by atoms with Crippen LogP contribution in [-0.4, -0.2) is 47.1 Å². The van der Waals surface area contributed by atoms with Crippen LogP contribution in [0.5, 0.6) is 0 Å². The normalized spacial score (nSPS) is 16.0. The lowest BCUT2D eigenvalue weighted by Gasteiger charge is -2.14. The highest BCUT2D eigenvalue weighted by Gasteiger charge is 2.16. The van der Waals surface area contributed by atoms with Gasteiger partial charge in [-0.15, -0.1) is 0 Å². The summed E-state index contributed by atoms with van der Waals surface area (Å²) in [5.74, 6) is -0.203. The predicted molar refractivity (Wildman–Crippen MR) is 69.8 cm³/mol. The highest BCUT2D eigenvalue weighted by molar-refractivity contribution is 6.03. The molecular weight excluding hydrogens is 244 g/mol. The van der Waals surface area contributed by atoms with Crippen molar-refractivity contribution in [3.05, 3.63) is 24.2 Å². The van der Waals surface area contributed by atoms with Gasteiger partial charge in [-0.2, -0.15) is 0 Å². The third-order valence-electron chi connectivity index (χ3n) is 3.40. The van der Waals surface area contributed by atoms with Crippen LogP contribution < -0.4 is 5.32 Å². The molecule has 0 unspecified atom stereocenters. The lowest BCUT2D eigenvalue weighted by molar-refractivity contribution is 0.0942. The van der Waals surface area contributed by atoms with Gasteiger partial charge in [0.05, 0.1) is 5.39 Å². The van der Waals surface area contributed by atoms with E-state index in [2.05, 4.69) is 20.4 Å². The van der Waals surface area contributed by atoms with Crippen LogP contribution >= 0.6 is 0 Å². The van der Waals surface area contributed by atoms with Crippen LogP contribution in [-0.2, 0) is 0 Å². The highest BCUT2D eigenvalue weighted by atomic mass is 16.5. The molecule has 2 aromatic rings. The number of carbonyl (C=O) groups excluding carboxylic acids is 1. The van der Waals surface area contributed by atoms with E-state index in [1.54, 1.807) is 18.5 Å². The number of hydrogen-bond acceptors (Lipinski definition) is 5. The van der Waals surface area contributed by atoms with E-state index in [0.29, 0.717) is 23.2 Å². The summed E-state index contributed by atoms with van der Waals surface area (Å²) in [5.41, 5.74) is 0.893. The minimum Gasteiger partial charge on any atom is -0.355 e. The van der Waals surface area contributed by atoms with Crippen molar-refractivity contribution in [3.63, 3.8) is 0 Å². The van der Waals surface area contributed by atoms with Crippen molar-refractivity contribution >= 4 is 16.9 Å². The summed E-state index contributed by atoms with van der Waals surface area (Å²) in [7, 11) is 0. The van der Waals surface area contributed by atoms with Crippen molar-refractivity contribution in [1.82, 2.24) is 20.4 Å². The predicted octanol–water partition coefficient (Wildman–Crippen LogP) is 1.05. The van der Waals surface area contributed by atoms with Crippen LogP contribution in [0.25, 0.3) is 11.0 Å². The third kappa shape index (κ3) is 2.58. The number of fused-ring (bicyclic) bond motifs is 1. The molecule has 1 saturated heterocycles. The van der Waals surface area contributed by atoms with Gasteiger partial charge in [-0.1, -0.05) is 5.16 Å². The van der Waals surface area contributed by atoms with Crippen LogP contribution in [0.2, 0.25) is 0 Å². The maximum Gasteiger partial charge on any atom is 0.274 e. The zero-order valence-corrected chi connectivity index (χ0v) is 10.6. The van der Waals surface area contributed by atoms with Gasteiger partial charge >= 0.3 is 0 Å². The highest BCUT2D eigenvalue weighted by Crippen LogP contribution is 2.16. The van der Waals surface area contributed by atoms with Crippen LogP contribution in [0.15, 0.2) is 23.0 Å². The van der Waals surface area contributed by atoms with Crippen molar-refractivity contribution in [3.8, 4) is 0 Å². The zero-order chi connectivity index (χ0) is 13.1. The molecule has 3 rings (SSSR count). The molecule has 1 amide bonds. The topological polar surface area (TPSA) is 71.3 Å². The smallest absolute Gasteiger partial charge is 0.274 e. The molecule has 0 radical (unpaired) electrons. The fraction of sp³-hybridized carbons (Fsp3) is 0.462. The van der Waals surface area contributed by atoms with Crippen molar-refractivity contribution in [2.24, 2.45) is 0 Å². The number of pyridine rings is 1. The Morgan fingerprint density at radius 1 is 1.42 bits per heavy atom. The van der Waals surface area contributed by atoms with E-state index in [1.165, 1.54) is 12.8 Å². The molecule has 0 saturated carbocycles. The Balaban J connectivity index is 1.60. The molecule has 0 aromatic carbocycles. The third-order valence-corrected chi connectivity index (χ3v) is 3.40. The summed E-state index contributed by atoms with van der Waals surface area (Å²) < 4.78 is 5.09. The van der Waals surface area contributed by atoms with E-state index in [-0.39, 0.29) is 5.91 Å². The number of hydrogen-bond donors (Lipinski definition) is 1. The molecule has 1 aliphatic rings. The number of aromatic nitrogens is 2. The molecule has 100 valence electrons. The standard InChI is InChI=1S/C13H16N4O2/c18-13(15-5-8-17-6-1-2-7-17)12-10-9-14-4-3-11(10)19-16-12/h3-4,9H,1-2,5-8H2,(H,15,18). The zero-order valence-electron chi connectivity index (χ0n) is 10.6. The fourth-order valence-corrected chi connectivity index (χ4v) is 2.36. The minimum absolute atomic E-state index is 0.203. The summed E-state index contributed by atoms with van der Waals surface area (Å²) in [6, 6.07) is 1.70. The van der Waals surface area contributed by atoms with Gasteiger partial charge in [-0.3, -0.25) is 9.78 Å². The Bertz CT molecular complexity index is 575. The molecule has 1 aliphatic heterocycles. The molecule has 6 nitrogen and oxygen atoms in total. The van der Waals surface area contributed by atoms with Crippen molar-refractivity contribution in [1.29, 1.82) is 0 Å². The molecular formula is C13H16N4O2. The van der Waals surface area contributed by atoms with Gasteiger partial charge in [-0.05, 0) is 25.9 Å². The molecule has 0 aliphatic carbocycles. The molecule has 0 spiro atoms. The summed E-state index contributed by atoms with van der Waals surface area (Å²) in [6.45, 7) is 3.78. The molecule has 0 atom stereocenters. The second-order valence-corrected chi connectivity index (χ2v) is 4.71. The van der Waals surface area contributed by atoms with E-state index in [0.717, 1.165) is 19.6 Å². The molecule has 1 N–H and O–H groups in total. The lowest BCUT2D eigenvalue weighted by Crippen LogP contribution is -2.33. The van der Waals surface area contributed by atoms with Gasteiger partial charge in [0, 0.05) is 31.5 Å². The van der Waals surface area contributed by atoms with Gasteiger partial charge in [0.25, 0.3) is 5.91 Å². The second kappa shape index (κ2) is 5.36. The Hall–Kier alpha value is -1.95. The molecule has 19 heavy (non-hydrogen) atoms. The minimum atomic E-state index is -0.203. The molecule has 0 bridgehead atoms. The number of nitrogens with zero attached hydrogens (tertiary/aromatic N) is 3. The summed E-state index contributed by atoms with van der Waals surface area (Å²) >= 11 is 0. The van der Waals surface area contributed by atoms with Crippen LogP contribution in [0.1, 0.15) is 23.3 Å². The Morgan fingerprint density at radius 2 is 2.26 bits per heavy atom. The molecule has 6 heteroatoms. The second-order valence-electron chi connectivity index (χ2n) is 4.71. The first-order valence-electron chi connectivity index (χ1n) is 6.54. The SMILES string of the molecule is O=C(NCCN1CCCC1)c1noc2ccncc12. The van der Waals surface area contributed by atoms with Crippen molar-refractivity contribution < 1.29 is 9.32 Å². The van der Waals surface area contributed by atoms with Gasteiger partial charge in [-0.25, -0.2) is 0 Å². The van der Waals surface area contributed by atoms with E-state index in [1.807, 2.05) is 0 Å². The van der Waals surface area contributed by atoms with E-state index >= 15 is 0 Å². The lowest BCUT2D eigenvalue weighted by atomic mass is 10.2. The largest absolute Gasteiger partial charge is 0.355 e. The van der Waals surface area contributed by atoms with Gasteiger partial charge in [0.2, 0.25) is 0 Å². The number of rotatable bonds is 4. The first kappa shape index (κ1) is 12.1. The van der Waals surface area contributed by atoms with Crippen LogP contribution in [0, 0.1) is 0 Å². The molecule has 1 fully saturated rings. The monoisotopic (exact) mass is 260 g/mol. The average Bonchev–Trinajstić information content (AvgIpc) is 3.07. The van der Waals surface area contributed by atoms with Gasteiger partial charge in [0.1, 0.15) is 0 Å². The van der Waals surface area contributed by atoms with Crippen molar-refractivity contribution in [2.45, 2.75) is 12.8 Å². The number of amides is 1. The maximum absolute atomic E-state index is 12.0. The fourth-order valence-electron chi connectivity index (χ4n) is 2.36. The van der Waals surface area contributed by atoms with E-state index in [4.69, 9.17) is 4.52 Å². The van der Waals surface area contributed by atoms with Gasteiger partial charge < -0.3 is 14.7 Å². The number of nitrogens with one attached hydrogen (secondary N) is 1. The Labute approximate surface area is 110 Å². The maximum atomic E-state index is 12.0. The first-order valence-corrected chi connectivity index (χ1v) is 6.54. The Kier molecular flexibility index (Phi) is 3.41. The first-order chi connectivity index (χ1) is 9.34. The summed E-state index contributed by atoms with van der Waals surface area (Å²) in [5, 5.41) is 7.33.